The van der Waals surface area contributed by atoms with E-state index in [4.69, 9.17) is 10.5 Å². The Morgan fingerprint density at radius 2 is 1.74 bits per heavy atom. The molecule has 0 atom stereocenters. The summed E-state index contributed by atoms with van der Waals surface area (Å²) < 4.78 is 5.52. The first-order valence-electron chi connectivity index (χ1n) is 7.47. The highest BCUT2D eigenvalue weighted by molar-refractivity contribution is 5.85. The quantitative estimate of drug-likeness (QED) is 0.576. The van der Waals surface area contributed by atoms with Crippen LogP contribution in [-0.4, -0.2) is 19.1 Å². The van der Waals surface area contributed by atoms with Crippen molar-refractivity contribution in [3.05, 3.63) is 65.7 Å². The average Bonchev–Trinajstić information content (AvgIpc) is 2.55. The molecule has 0 aliphatic rings. The lowest BCUT2D eigenvalue weighted by atomic mass is 10.1. The number of carbonyl (C=O) groups excluding carboxylic acids is 1. The van der Waals surface area contributed by atoms with Crippen molar-refractivity contribution in [1.29, 1.82) is 0 Å². The van der Waals surface area contributed by atoms with Crippen LogP contribution in [-0.2, 0) is 22.6 Å². The largest absolute Gasteiger partial charge is 0.399 e. The zero-order valence-electron chi connectivity index (χ0n) is 13.0. The molecule has 5 heteroatoms. The Labute approximate surface area is 143 Å². The van der Waals surface area contributed by atoms with Crippen LogP contribution in [0.1, 0.15) is 17.5 Å². The molecule has 1 amide bonds. The monoisotopic (exact) mass is 334 g/mol. The fourth-order valence-corrected chi connectivity index (χ4v) is 2.13. The van der Waals surface area contributed by atoms with Crippen molar-refractivity contribution in [3.63, 3.8) is 0 Å². The first kappa shape index (κ1) is 19.0. The molecule has 0 bridgehead atoms. The van der Waals surface area contributed by atoms with E-state index in [0.29, 0.717) is 32.6 Å². The zero-order valence-corrected chi connectivity index (χ0v) is 13.9. The van der Waals surface area contributed by atoms with Crippen molar-refractivity contribution < 1.29 is 9.53 Å². The highest BCUT2D eigenvalue weighted by atomic mass is 35.5. The predicted octanol–water partition coefficient (Wildman–Crippen LogP) is 2.96. The van der Waals surface area contributed by atoms with Crippen molar-refractivity contribution >= 4 is 24.0 Å². The molecule has 3 N–H and O–H groups in total. The maximum absolute atomic E-state index is 11.8. The second-order valence-corrected chi connectivity index (χ2v) is 5.09. The van der Waals surface area contributed by atoms with Crippen LogP contribution in [0.3, 0.4) is 0 Å². The van der Waals surface area contributed by atoms with Gasteiger partial charge in [-0.3, -0.25) is 4.79 Å². The number of hydrogen-bond donors (Lipinski definition) is 2. The maximum Gasteiger partial charge on any atom is 0.220 e. The molecule has 0 saturated carbocycles. The molecule has 0 spiro atoms. The molecule has 2 aromatic carbocycles. The summed E-state index contributed by atoms with van der Waals surface area (Å²) in [5, 5.41) is 2.85. The van der Waals surface area contributed by atoms with Crippen LogP contribution in [0.25, 0.3) is 0 Å². The molecule has 0 aliphatic heterocycles. The minimum Gasteiger partial charge on any atom is -0.399 e. The Kier molecular flexibility index (Phi) is 8.80. The number of carbonyl (C=O) groups is 1. The molecular weight excluding hydrogens is 312 g/mol. The third-order valence-corrected chi connectivity index (χ3v) is 3.36. The van der Waals surface area contributed by atoms with Crippen LogP contribution in [0, 0.1) is 0 Å². The van der Waals surface area contributed by atoms with Gasteiger partial charge in [-0.2, -0.15) is 0 Å². The minimum absolute atomic E-state index is 0. The highest BCUT2D eigenvalue weighted by Crippen LogP contribution is 2.12. The molecule has 23 heavy (non-hydrogen) atoms. The second kappa shape index (κ2) is 10.6. The number of nitrogens with two attached hydrogens (primary N) is 1. The zero-order chi connectivity index (χ0) is 15.6. The number of nitrogens with one attached hydrogen (secondary N) is 1. The average molecular weight is 335 g/mol. The third kappa shape index (κ3) is 7.17. The number of ether oxygens (including phenoxy) is 1. The molecule has 2 rings (SSSR count). The van der Waals surface area contributed by atoms with Crippen molar-refractivity contribution in [2.24, 2.45) is 0 Å². The molecule has 0 heterocycles. The van der Waals surface area contributed by atoms with Crippen molar-refractivity contribution in [2.45, 2.75) is 19.4 Å². The van der Waals surface area contributed by atoms with Crippen LogP contribution < -0.4 is 11.1 Å². The third-order valence-electron chi connectivity index (χ3n) is 3.36. The van der Waals surface area contributed by atoms with Gasteiger partial charge < -0.3 is 15.8 Å². The number of aryl methyl sites for hydroxylation is 1. The van der Waals surface area contributed by atoms with Crippen molar-refractivity contribution in [2.75, 3.05) is 18.9 Å². The Balaban J connectivity index is 0.00000264. The molecule has 0 fully saturated rings. The number of para-hydroxylation sites is 1. The lowest BCUT2D eigenvalue weighted by Crippen LogP contribution is -2.27. The van der Waals surface area contributed by atoms with Gasteiger partial charge >= 0.3 is 0 Å². The van der Waals surface area contributed by atoms with Gasteiger partial charge in [-0.1, -0.05) is 48.5 Å². The molecule has 124 valence electrons. The summed E-state index contributed by atoms with van der Waals surface area (Å²) in [4.78, 5) is 11.8. The standard InChI is InChI=1S/C18H22N2O2.ClH/c19-17-9-5-4-8-16(17)10-11-18(21)20-12-13-22-14-15-6-2-1-3-7-15;/h1-9H,10-14,19H2,(H,20,21);1H. The van der Waals surface area contributed by atoms with Gasteiger partial charge in [-0.25, -0.2) is 0 Å². The van der Waals surface area contributed by atoms with Gasteiger partial charge in [0.2, 0.25) is 5.91 Å². The lowest BCUT2D eigenvalue weighted by molar-refractivity contribution is -0.121. The van der Waals surface area contributed by atoms with Crippen LogP contribution in [0.4, 0.5) is 5.69 Å². The summed E-state index contributed by atoms with van der Waals surface area (Å²) in [7, 11) is 0. The summed E-state index contributed by atoms with van der Waals surface area (Å²) in [5.74, 6) is 0.0200. The van der Waals surface area contributed by atoms with Gasteiger partial charge in [0.05, 0.1) is 13.2 Å². The number of nitrogen functional groups attached to an aromatic ring is 1. The van der Waals surface area contributed by atoms with E-state index in [1.54, 1.807) is 0 Å². The predicted molar refractivity (Wildman–Crippen MR) is 95.5 cm³/mol. The number of benzene rings is 2. The SMILES string of the molecule is Cl.Nc1ccccc1CCC(=O)NCCOCc1ccccc1. The van der Waals surface area contributed by atoms with E-state index in [-0.39, 0.29) is 18.3 Å². The van der Waals surface area contributed by atoms with Gasteiger partial charge in [0.15, 0.2) is 0 Å². The van der Waals surface area contributed by atoms with Gasteiger partial charge in [0.25, 0.3) is 0 Å². The summed E-state index contributed by atoms with van der Waals surface area (Å²) >= 11 is 0. The van der Waals surface area contributed by atoms with E-state index in [1.807, 2.05) is 54.6 Å². The Bertz CT molecular complexity index is 591. The summed E-state index contributed by atoms with van der Waals surface area (Å²) in [5.41, 5.74) is 8.73. The molecule has 0 unspecified atom stereocenters. The molecule has 0 aliphatic carbocycles. The molecule has 4 nitrogen and oxygen atoms in total. The normalized spacial score (nSPS) is 9.91. The van der Waals surface area contributed by atoms with Gasteiger partial charge in [0, 0.05) is 18.7 Å². The topological polar surface area (TPSA) is 64.4 Å². The van der Waals surface area contributed by atoms with Gasteiger partial charge in [-0.15, -0.1) is 12.4 Å². The van der Waals surface area contributed by atoms with Crippen molar-refractivity contribution in [1.82, 2.24) is 5.32 Å². The van der Waals surface area contributed by atoms with Gasteiger partial charge in [-0.05, 0) is 23.6 Å². The summed E-state index contributed by atoms with van der Waals surface area (Å²) in [6, 6.07) is 17.6. The molecule has 0 saturated heterocycles. The van der Waals surface area contributed by atoms with E-state index >= 15 is 0 Å². The molecule has 0 aromatic heterocycles. The smallest absolute Gasteiger partial charge is 0.220 e. The van der Waals surface area contributed by atoms with Crippen LogP contribution in [0.5, 0.6) is 0 Å². The number of anilines is 1. The van der Waals surface area contributed by atoms with E-state index in [2.05, 4.69) is 5.32 Å². The Hall–Kier alpha value is -2.04. The van der Waals surface area contributed by atoms with Crippen LogP contribution in [0.15, 0.2) is 54.6 Å². The fraction of sp³-hybridized carbons (Fsp3) is 0.278. The van der Waals surface area contributed by atoms with Crippen LogP contribution >= 0.6 is 12.4 Å². The first-order valence-corrected chi connectivity index (χ1v) is 7.47. The van der Waals surface area contributed by atoms with E-state index in [0.717, 1.165) is 16.8 Å². The Morgan fingerprint density at radius 3 is 2.48 bits per heavy atom. The summed E-state index contributed by atoms with van der Waals surface area (Å²) in [6.45, 7) is 1.60. The van der Waals surface area contributed by atoms with E-state index < -0.39 is 0 Å². The number of rotatable bonds is 8. The molecule has 0 radical (unpaired) electrons. The number of amides is 1. The second-order valence-electron chi connectivity index (χ2n) is 5.09. The Morgan fingerprint density at radius 1 is 1.04 bits per heavy atom. The van der Waals surface area contributed by atoms with E-state index in [9.17, 15) is 4.79 Å². The van der Waals surface area contributed by atoms with E-state index in [1.165, 1.54) is 0 Å². The summed E-state index contributed by atoms with van der Waals surface area (Å²) in [6.07, 6.45) is 1.09. The van der Waals surface area contributed by atoms with Gasteiger partial charge in [0.1, 0.15) is 0 Å². The number of halogens is 1. The van der Waals surface area contributed by atoms with Crippen molar-refractivity contribution in [3.8, 4) is 0 Å². The maximum atomic E-state index is 11.8. The fourth-order valence-electron chi connectivity index (χ4n) is 2.13. The van der Waals surface area contributed by atoms with Crippen LogP contribution in [0.2, 0.25) is 0 Å². The lowest BCUT2D eigenvalue weighted by Gasteiger charge is -2.08. The highest BCUT2D eigenvalue weighted by Gasteiger charge is 2.03. The molecular formula is C18H23ClN2O2. The molecule has 2 aromatic rings. The first-order chi connectivity index (χ1) is 10.8. The minimum atomic E-state index is 0. The number of hydrogen-bond acceptors (Lipinski definition) is 3.